The molecule has 1 aromatic carbocycles. The molecular weight excluding hydrogens is 218 g/mol. The Morgan fingerprint density at radius 1 is 1.24 bits per heavy atom. The van der Waals surface area contributed by atoms with E-state index < -0.39 is 0 Å². The van der Waals surface area contributed by atoms with Gasteiger partial charge in [-0.2, -0.15) is 10.2 Å². The van der Waals surface area contributed by atoms with E-state index in [0.717, 1.165) is 5.56 Å². The second-order valence-corrected chi connectivity index (χ2v) is 3.24. The van der Waals surface area contributed by atoms with Crippen molar-refractivity contribution in [1.29, 1.82) is 5.26 Å². The molecule has 0 radical (unpaired) electrons. The van der Waals surface area contributed by atoms with Gasteiger partial charge in [0.1, 0.15) is 17.5 Å². The predicted octanol–water partition coefficient (Wildman–Crippen LogP) is 1.63. The maximum atomic E-state index is 8.88. The minimum atomic E-state index is -0.0132. The highest BCUT2D eigenvalue weighted by atomic mass is 16.5. The summed E-state index contributed by atoms with van der Waals surface area (Å²) in [4.78, 5) is 7.78. The van der Waals surface area contributed by atoms with Crippen LogP contribution in [0.5, 0.6) is 11.8 Å². The van der Waals surface area contributed by atoms with Crippen LogP contribution in [-0.2, 0) is 6.61 Å². The Balaban J connectivity index is 2.16. The molecule has 0 unspecified atom stereocenters. The lowest BCUT2D eigenvalue weighted by Gasteiger charge is -2.03. The van der Waals surface area contributed by atoms with Crippen molar-refractivity contribution in [2.45, 2.75) is 6.61 Å². The average molecular weight is 227 g/mol. The molecule has 2 rings (SSSR count). The molecule has 0 spiro atoms. The fraction of sp³-hybridized carbons (Fsp3) is 0.0833. The standard InChI is InChI=1S/C12H9N3O2/c13-7-10-5-6-14-12(15-10)17-11-3-1-9(8-16)2-4-11/h1-6,16H,8H2. The number of aliphatic hydroxyl groups is 1. The smallest absolute Gasteiger partial charge is 0.323 e. The Morgan fingerprint density at radius 2 is 2.00 bits per heavy atom. The highest BCUT2D eigenvalue weighted by Gasteiger charge is 2.01. The van der Waals surface area contributed by atoms with Crippen molar-refractivity contribution >= 4 is 0 Å². The summed E-state index contributed by atoms with van der Waals surface area (Å²) in [6.07, 6.45) is 1.46. The number of aliphatic hydroxyl groups excluding tert-OH is 1. The van der Waals surface area contributed by atoms with Gasteiger partial charge in [-0.05, 0) is 23.8 Å². The summed E-state index contributed by atoms with van der Waals surface area (Å²) >= 11 is 0. The summed E-state index contributed by atoms with van der Waals surface area (Å²) in [5.41, 5.74) is 1.05. The molecule has 1 aromatic heterocycles. The van der Waals surface area contributed by atoms with Crippen LogP contribution in [0.1, 0.15) is 11.3 Å². The van der Waals surface area contributed by atoms with E-state index in [1.54, 1.807) is 24.3 Å². The summed E-state index contributed by atoms with van der Waals surface area (Å²) in [6.45, 7) is -0.0132. The Hall–Kier alpha value is -2.45. The topological polar surface area (TPSA) is 79.0 Å². The number of hydrogen-bond donors (Lipinski definition) is 1. The Kier molecular flexibility index (Phi) is 3.28. The molecule has 0 amide bonds. The van der Waals surface area contributed by atoms with Gasteiger partial charge in [-0.15, -0.1) is 0 Å². The van der Waals surface area contributed by atoms with Crippen LogP contribution >= 0.6 is 0 Å². The first kappa shape index (κ1) is 11.0. The predicted molar refractivity (Wildman–Crippen MR) is 59.2 cm³/mol. The van der Waals surface area contributed by atoms with Crippen molar-refractivity contribution < 1.29 is 9.84 Å². The van der Waals surface area contributed by atoms with Crippen LogP contribution in [0.3, 0.4) is 0 Å². The summed E-state index contributed by atoms with van der Waals surface area (Å²) in [5.74, 6) is 0.553. The van der Waals surface area contributed by atoms with Gasteiger partial charge in [0.15, 0.2) is 0 Å². The van der Waals surface area contributed by atoms with E-state index in [-0.39, 0.29) is 18.3 Å². The van der Waals surface area contributed by atoms with Crippen LogP contribution < -0.4 is 4.74 Å². The van der Waals surface area contributed by atoms with Crippen molar-refractivity contribution in [3.05, 3.63) is 47.8 Å². The molecule has 0 atom stereocenters. The highest BCUT2D eigenvalue weighted by molar-refractivity contribution is 5.29. The van der Waals surface area contributed by atoms with Crippen LogP contribution in [0, 0.1) is 11.3 Å². The largest absolute Gasteiger partial charge is 0.424 e. The lowest BCUT2D eigenvalue weighted by molar-refractivity contribution is 0.281. The van der Waals surface area contributed by atoms with Gasteiger partial charge in [0, 0.05) is 6.20 Å². The minimum absolute atomic E-state index is 0.0132. The quantitative estimate of drug-likeness (QED) is 0.862. The van der Waals surface area contributed by atoms with Crippen LogP contribution in [0.25, 0.3) is 0 Å². The number of ether oxygens (including phenoxy) is 1. The molecule has 1 N–H and O–H groups in total. The molecule has 0 saturated heterocycles. The van der Waals surface area contributed by atoms with Gasteiger partial charge in [-0.3, -0.25) is 0 Å². The van der Waals surface area contributed by atoms with Gasteiger partial charge in [-0.1, -0.05) is 12.1 Å². The number of nitriles is 1. The van der Waals surface area contributed by atoms with Crippen LogP contribution in [0.4, 0.5) is 0 Å². The monoisotopic (exact) mass is 227 g/mol. The molecule has 0 saturated carbocycles. The third kappa shape index (κ3) is 2.77. The first-order valence-electron chi connectivity index (χ1n) is 4.92. The van der Waals surface area contributed by atoms with Gasteiger partial charge in [0.25, 0.3) is 0 Å². The molecule has 0 fully saturated rings. The van der Waals surface area contributed by atoms with Gasteiger partial charge in [0.2, 0.25) is 0 Å². The Bertz CT molecular complexity index is 546. The summed E-state index contributed by atoms with van der Waals surface area (Å²) in [6, 6.07) is 10.4. The molecule has 17 heavy (non-hydrogen) atoms. The van der Waals surface area contributed by atoms with Crippen molar-refractivity contribution in [2.24, 2.45) is 0 Å². The molecule has 84 valence electrons. The molecule has 0 aliphatic carbocycles. The second kappa shape index (κ2) is 5.05. The first-order chi connectivity index (χ1) is 8.31. The molecule has 0 aliphatic rings. The molecule has 5 nitrogen and oxygen atoms in total. The maximum Gasteiger partial charge on any atom is 0.323 e. The Morgan fingerprint density at radius 3 is 2.65 bits per heavy atom. The summed E-state index contributed by atoms with van der Waals surface area (Å²) in [7, 11) is 0. The lowest BCUT2D eigenvalue weighted by atomic mass is 10.2. The summed E-state index contributed by atoms with van der Waals surface area (Å²) < 4.78 is 5.37. The van der Waals surface area contributed by atoms with Crippen molar-refractivity contribution in [2.75, 3.05) is 0 Å². The SMILES string of the molecule is N#Cc1ccnc(Oc2ccc(CO)cc2)n1. The zero-order valence-electron chi connectivity index (χ0n) is 8.87. The van der Waals surface area contributed by atoms with E-state index in [0.29, 0.717) is 5.75 Å². The number of rotatable bonds is 3. The van der Waals surface area contributed by atoms with E-state index in [1.165, 1.54) is 12.3 Å². The van der Waals surface area contributed by atoms with E-state index in [4.69, 9.17) is 15.1 Å². The molecule has 0 bridgehead atoms. The maximum absolute atomic E-state index is 8.88. The van der Waals surface area contributed by atoms with Gasteiger partial charge in [-0.25, -0.2) is 4.98 Å². The van der Waals surface area contributed by atoms with Crippen molar-refractivity contribution in [1.82, 2.24) is 9.97 Å². The second-order valence-electron chi connectivity index (χ2n) is 3.24. The normalized spacial score (nSPS) is 9.65. The van der Waals surface area contributed by atoms with Crippen molar-refractivity contribution in [3.8, 4) is 17.8 Å². The average Bonchev–Trinajstić information content (AvgIpc) is 2.40. The molecule has 0 aliphatic heterocycles. The van der Waals surface area contributed by atoms with Crippen LogP contribution in [0.2, 0.25) is 0 Å². The minimum Gasteiger partial charge on any atom is -0.424 e. The third-order valence-electron chi connectivity index (χ3n) is 2.06. The molecule has 1 heterocycles. The van der Waals surface area contributed by atoms with Crippen molar-refractivity contribution in [3.63, 3.8) is 0 Å². The van der Waals surface area contributed by atoms with E-state index in [9.17, 15) is 0 Å². The van der Waals surface area contributed by atoms with E-state index in [1.807, 2.05) is 6.07 Å². The van der Waals surface area contributed by atoms with Crippen LogP contribution in [-0.4, -0.2) is 15.1 Å². The highest BCUT2D eigenvalue weighted by Crippen LogP contribution is 2.18. The zero-order chi connectivity index (χ0) is 12.1. The fourth-order valence-electron chi connectivity index (χ4n) is 1.22. The van der Waals surface area contributed by atoms with Gasteiger partial charge < -0.3 is 9.84 Å². The Labute approximate surface area is 98.0 Å². The fourth-order valence-corrected chi connectivity index (χ4v) is 1.22. The molecule has 2 aromatic rings. The molecule has 5 heteroatoms. The van der Waals surface area contributed by atoms with Gasteiger partial charge >= 0.3 is 6.01 Å². The first-order valence-corrected chi connectivity index (χ1v) is 4.92. The lowest BCUT2D eigenvalue weighted by Crippen LogP contribution is -1.93. The van der Waals surface area contributed by atoms with E-state index >= 15 is 0 Å². The number of hydrogen-bond acceptors (Lipinski definition) is 5. The number of nitrogens with zero attached hydrogens (tertiary/aromatic N) is 3. The number of aromatic nitrogens is 2. The van der Waals surface area contributed by atoms with Gasteiger partial charge in [0.05, 0.1) is 6.61 Å². The zero-order valence-corrected chi connectivity index (χ0v) is 8.87. The van der Waals surface area contributed by atoms with E-state index in [2.05, 4.69) is 9.97 Å². The number of benzene rings is 1. The third-order valence-corrected chi connectivity index (χ3v) is 2.06. The van der Waals surface area contributed by atoms with Crippen LogP contribution in [0.15, 0.2) is 36.5 Å². The summed E-state index contributed by atoms with van der Waals surface area (Å²) in [5, 5.41) is 17.6. The molecular formula is C12H9N3O2.